The summed E-state index contributed by atoms with van der Waals surface area (Å²) in [7, 11) is 0. The third kappa shape index (κ3) is 5.66. The number of nitro groups is 1. The van der Waals surface area contributed by atoms with Crippen molar-refractivity contribution in [1.82, 2.24) is 19.5 Å². The number of imidazole rings is 1. The number of nitrogens with zero attached hydrogens (tertiary/aromatic N) is 5. The Hall–Kier alpha value is -4.33. The number of fused-ring (bicyclic) bond motifs is 1. The average Bonchev–Trinajstić information content (AvgIpc) is 3.41. The minimum atomic E-state index is -0.670. The second-order valence-corrected chi connectivity index (χ2v) is 8.05. The molecule has 3 aromatic rings. The first kappa shape index (κ1) is 24.8. The summed E-state index contributed by atoms with van der Waals surface area (Å²) in [6, 6.07) is 6.17. The largest absolute Gasteiger partial charge is 0.476 e. The van der Waals surface area contributed by atoms with Gasteiger partial charge in [0.25, 0.3) is 5.69 Å². The number of aromatic nitrogens is 4. The molecule has 190 valence electrons. The van der Waals surface area contributed by atoms with Crippen LogP contribution in [0.1, 0.15) is 32.1 Å². The number of non-ortho nitro benzene ring substituents is 1. The second kappa shape index (κ2) is 10.5. The molecule has 14 heteroatoms. The lowest BCUT2D eigenvalue weighted by Crippen LogP contribution is -2.31. The highest BCUT2D eigenvalue weighted by atomic mass is 16.6. The second-order valence-electron chi connectivity index (χ2n) is 8.05. The van der Waals surface area contributed by atoms with Gasteiger partial charge in [0.2, 0.25) is 11.8 Å². The number of rotatable bonds is 9. The van der Waals surface area contributed by atoms with Gasteiger partial charge in [0.1, 0.15) is 25.0 Å². The number of hydrogen-bond donors (Lipinski definition) is 1. The molecule has 1 saturated heterocycles. The van der Waals surface area contributed by atoms with E-state index < -0.39 is 35.3 Å². The standard InChI is InChI=1S/C22H24N6O8/c1-12(29)34-10-17-16(35-13(2)30)9-18(36-17)27-11-24-19-20(27)25-22(23)26-21(19)33-8-7-14-3-5-15(6-4-14)28(31)32/h3-6,11,16-18H,7-10H2,1-2H3,(H2,23,25,26)/t16-,17+,18+/m0/s1. The van der Waals surface area contributed by atoms with Crippen molar-refractivity contribution in [3.05, 3.63) is 46.3 Å². The van der Waals surface area contributed by atoms with E-state index >= 15 is 0 Å². The molecular weight excluding hydrogens is 476 g/mol. The van der Waals surface area contributed by atoms with Crippen molar-refractivity contribution in [1.29, 1.82) is 0 Å². The van der Waals surface area contributed by atoms with Gasteiger partial charge in [-0.25, -0.2) is 4.98 Å². The van der Waals surface area contributed by atoms with Crippen molar-refractivity contribution in [3.63, 3.8) is 0 Å². The van der Waals surface area contributed by atoms with E-state index in [-0.39, 0.29) is 37.2 Å². The van der Waals surface area contributed by atoms with Gasteiger partial charge in [-0.3, -0.25) is 24.3 Å². The number of anilines is 1. The van der Waals surface area contributed by atoms with Crippen LogP contribution in [0.4, 0.5) is 11.6 Å². The molecule has 3 heterocycles. The fraction of sp³-hybridized carbons (Fsp3) is 0.409. The molecule has 4 rings (SSSR count). The van der Waals surface area contributed by atoms with Crippen LogP contribution >= 0.6 is 0 Å². The van der Waals surface area contributed by atoms with Crippen molar-refractivity contribution >= 4 is 34.7 Å². The highest BCUT2D eigenvalue weighted by Crippen LogP contribution is 2.34. The third-order valence-electron chi connectivity index (χ3n) is 5.44. The first-order chi connectivity index (χ1) is 17.2. The van der Waals surface area contributed by atoms with Crippen LogP contribution in [-0.4, -0.2) is 61.8 Å². The Morgan fingerprint density at radius 2 is 1.97 bits per heavy atom. The number of benzene rings is 1. The first-order valence-electron chi connectivity index (χ1n) is 11.0. The molecule has 3 atom stereocenters. The van der Waals surface area contributed by atoms with Crippen molar-refractivity contribution in [2.45, 2.75) is 45.1 Å². The molecule has 1 aliphatic rings. The molecule has 0 amide bonds. The summed E-state index contributed by atoms with van der Waals surface area (Å²) in [5.74, 6) is -0.833. The Kier molecular flexibility index (Phi) is 7.24. The lowest BCUT2D eigenvalue weighted by molar-refractivity contribution is -0.384. The number of nitrogen functional groups attached to an aromatic ring is 1. The minimum Gasteiger partial charge on any atom is -0.476 e. The number of nitrogens with two attached hydrogens (primary N) is 1. The number of carbonyl (C=O) groups is 2. The fourth-order valence-electron chi connectivity index (χ4n) is 3.83. The van der Waals surface area contributed by atoms with Crippen molar-refractivity contribution in [3.8, 4) is 5.88 Å². The predicted octanol–water partition coefficient (Wildman–Crippen LogP) is 1.72. The van der Waals surface area contributed by atoms with E-state index in [0.29, 0.717) is 17.6 Å². The van der Waals surface area contributed by atoms with Crippen molar-refractivity contribution < 1.29 is 33.5 Å². The van der Waals surface area contributed by atoms with Crippen LogP contribution in [0.25, 0.3) is 11.2 Å². The maximum absolute atomic E-state index is 11.5. The molecule has 1 aromatic carbocycles. The Morgan fingerprint density at radius 1 is 1.22 bits per heavy atom. The molecule has 2 aromatic heterocycles. The first-order valence-corrected chi connectivity index (χ1v) is 11.0. The van der Waals surface area contributed by atoms with Gasteiger partial charge in [0.05, 0.1) is 17.9 Å². The Balaban J connectivity index is 1.49. The van der Waals surface area contributed by atoms with Crippen molar-refractivity contribution in [2.24, 2.45) is 0 Å². The van der Waals surface area contributed by atoms with E-state index in [2.05, 4.69) is 15.0 Å². The molecule has 36 heavy (non-hydrogen) atoms. The molecule has 1 aliphatic heterocycles. The van der Waals surface area contributed by atoms with Crippen LogP contribution in [0, 0.1) is 10.1 Å². The molecule has 2 N–H and O–H groups in total. The summed E-state index contributed by atoms with van der Waals surface area (Å²) in [5, 5.41) is 10.8. The normalized spacial score (nSPS) is 19.2. The molecule has 0 saturated carbocycles. The third-order valence-corrected chi connectivity index (χ3v) is 5.44. The molecule has 14 nitrogen and oxygen atoms in total. The Labute approximate surface area is 204 Å². The van der Waals surface area contributed by atoms with Gasteiger partial charge >= 0.3 is 11.9 Å². The number of nitro benzene ring substituents is 1. The van der Waals surface area contributed by atoms with Crippen LogP contribution in [-0.2, 0) is 30.2 Å². The summed E-state index contributed by atoms with van der Waals surface area (Å²) < 4.78 is 23.8. The average molecular weight is 500 g/mol. The molecule has 0 unspecified atom stereocenters. The van der Waals surface area contributed by atoms with E-state index in [1.807, 2.05) is 0 Å². The Bertz CT molecular complexity index is 1280. The molecule has 0 bridgehead atoms. The minimum absolute atomic E-state index is 0.00987. The highest BCUT2D eigenvalue weighted by Gasteiger charge is 2.40. The topological polar surface area (TPSA) is 184 Å². The highest BCUT2D eigenvalue weighted by molar-refractivity contribution is 5.77. The lowest BCUT2D eigenvalue weighted by atomic mass is 10.1. The van der Waals surface area contributed by atoms with E-state index in [0.717, 1.165) is 5.56 Å². The van der Waals surface area contributed by atoms with Crippen LogP contribution in [0.3, 0.4) is 0 Å². The number of ether oxygens (including phenoxy) is 4. The molecular formula is C22H24N6O8. The van der Waals surface area contributed by atoms with E-state index in [1.54, 1.807) is 16.7 Å². The monoisotopic (exact) mass is 500 g/mol. The van der Waals surface area contributed by atoms with Gasteiger partial charge in [0, 0.05) is 38.8 Å². The van der Waals surface area contributed by atoms with Gasteiger partial charge < -0.3 is 24.7 Å². The Morgan fingerprint density at radius 3 is 2.64 bits per heavy atom. The van der Waals surface area contributed by atoms with Gasteiger partial charge in [-0.1, -0.05) is 12.1 Å². The van der Waals surface area contributed by atoms with E-state index in [4.69, 9.17) is 24.7 Å². The van der Waals surface area contributed by atoms with Crippen LogP contribution in [0.15, 0.2) is 30.6 Å². The zero-order valence-corrected chi connectivity index (χ0v) is 19.5. The lowest BCUT2D eigenvalue weighted by Gasteiger charge is -2.17. The molecule has 0 aliphatic carbocycles. The maximum Gasteiger partial charge on any atom is 0.303 e. The maximum atomic E-state index is 11.5. The molecule has 1 fully saturated rings. The summed E-state index contributed by atoms with van der Waals surface area (Å²) in [6.07, 6.45) is 0.306. The van der Waals surface area contributed by atoms with E-state index in [9.17, 15) is 19.7 Å². The number of hydrogen-bond acceptors (Lipinski definition) is 12. The quantitative estimate of drug-likeness (QED) is 0.255. The van der Waals surface area contributed by atoms with Gasteiger partial charge in [-0.05, 0) is 5.56 Å². The van der Waals surface area contributed by atoms with Gasteiger partial charge in [0.15, 0.2) is 11.2 Å². The summed E-state index contributed by atoms with van der Waals surface area (Å²) in [4.78, 5) is 45.9. The molecule has 0 radical (unpaired) electrons. The van der Waals surface area contributed by atoms with Crippen LogP contribution < -0.4 is 10.5 Å². The summed E-state index contributed by atoms with van der Waals surface area (Å²) >= 11 is 0. The zero-order chi connectivity index (χ0) is 25.8. The summed E-state index contributed by atoms with van der Waals surface area (Å²) in [5.41, 5.74) is 7.47. The van der Waals surface area contributed by atoms with E-state index in [1.165, 1.54) is 32.3 Å². The van der Waals surface area contributed by atoms with Crippen LogP contribution in [0.5, 0.6) is 5.88 Å². The fourth-order valence-corrected chi connectivity index (χ4v) is 3.83. The predicted molar refractivity (Wildman–Crippen MR) is 123 cm³/mol. The summed E-state index contributed by atoms with van der Waals surface area (Å²) in [6.45, 7) is 2.70. The zero-order valence-electron chi connectivity index (χ0n) is 19.5. The smallest absolute Gasteiger partial charge is 0.303 e. The number of carbonyl (C=O) groups excluding carboxylic acids is 2. The molecule has 0 spiro atoms. The van der Waals surface area contributed by atoms with Gasteiger partial charge in [-0.15, -0.1) is 0 Å². The van der Waals surface area contributed by atoms with Gasteiger partial charge in [-0.2, -0.15) is 9.97 Å². The SMILES string of the molecule is CC(=O)OC[C@H]1O[C@@H](n2cnc3c(OCCc4ccc([N+](=O)[O-])cc4)nc(N)nc32)C[C@@H]1OC(C)=O. The van der Waals surface area contributed by atoms with Crippen LogP contribution in [0.2, 0.25) is 0 Å². The number of esters is 2. The van der Waals surface area contributed by atoms with Crippen molar-refractivity contribution in [2.75, 3.05) is 18.9 Å².